The summed E-state index contributed by atoms with van der Waals surface area (Å²) in [7, 11) is 0. The highest BCUT2D eigenvalue weighted by atomic mass is 35.5. The molecule has 4 nitrogen and oxygen atoms in total. The van der Waals surface area contributed by atoms with Crippen LogP contribution in [0.15, 0.2) is 0 Å². The first-order chi connectivity index (χ1) is 8.08. The highest BCUT2D eigenvalue weighted by Gasteiger charge is 2.46. The van der Waals surface area contributed by atoms with Crippen LogP contribution in [0.2, 0.25) is 0 Å². The Bertz CT molecular complexity index is 235. The van der Waals surface area contributed by atoms with Gasteiger partial charge in [-0.15, -0.1) is 11.6 Å². The maximum atomic E-state index is 12.0. The lowest BCUT2D eigenvalue weighted by atomic mass is 9.80. The molecule has 0 heterocycles. The number of ether oxygens (including phenoxy) is 2. The summed E-state index contributed by atoms with van der Waals surface area (Å²) in [6.07, 6.45) is 1.30. The Balaban J connectivity index is 4.98. The molecule has 0 saturated carbocycles. The summed E-state index contributed by atoms with van der Waals surface area (Å²) in [5.41, 5.74) is -1.19. The number of esters is 2. The van der Waals surface area contributed by atoms with Crippen molar-refractivity contribution in [1.29, 1.82) is 0 Å². The van der Waals surface area contributed by atoms with E-state index in [1.54, 1.807) is 20.8 Å². The number of hydrogen-bond acceptors (Lipinski definition) is 4. The monoisotopic (exact) mass is 264 g/mol. The maximum Gasteiger partial charge on any atom is 0.323 e. The Morgan fingerprint density at radius 3 is 1.82 bits per heavy atom. The van der Waals surface area contributed by atoms with E-state index in [9.17, 15) is 9.59 Å². The zero-order valence-corrected chi connectivity index (χ0v) is 11.5. The number of carbonyl (C=O) groups is 2. The molecule has 0 spiro atoms. The quantitative estimate of drug-likeness (QED) is 0.384. The van der Waals surface area contributed by atoms with Crippen LogP contribution in [0, 0.1) is 5.41 Å². The number of rotatable bonds is 8. The Morgan fingerprint density at radius 1 is 1.06 bits per heavy atom. The predicted octanol–water partition coefficient (Wildman–Crippen LogP) is 2.53. The lowest BCUT2D eigenvalue weighted by molar-refractivity contribution is -0.173. The van der Waals surface area contributed by atoms with Gasteiger partial charge >= 0.3 is 11.9 Å². The first-order valence-electron chi connectivity index (χ1n) is 5.99. The van der Waals surface area contributed by atoms with Crippen LogP contribution in [0.25, 0.3) is 0 Å². The van der Waals surface area contributed by atoms with Gasteiger partial charge in [-0.1, -0.05) is 6.92 Å². The summed E-state index contributed by atoms with van der Waals surface area (Å²) in [6.45, 7) is 5.71. The second kappa shape index (κ2) is 8.34. The average Bonchev–Trinajstić information content (AvgIpc) is 2.31. The van der Waals surface area contributed by atoms with Crippen molar-refractivity contribution < 1.29 is 19.1 Å². The molecule has 5 heteroatoms. The van der Waals surface area contributed by atoms with E-state index in [4.69, 9.17) is 21.1 Å². The minimum absolute atomic E-state index is 0.251. The van der Waals surface area contributed by atoms with E-state index >= 15 is 0 Å². The highest BCUT2D eigenvalue weighted by Crippen LogP contribution is 2.32. The molecule has 0 saturated heterocycles. The van der Waals surface area contributed by atoms with Gasteiger partial charge in [0, 0.05) is 5.88 Å². The summed E-state index contributed by atoms with van der Waals surface area (Å²) >= 11 is 5.62. The number of hydrogen-bond donors (Lipinski definition) is 0. The van der Waals surface area contributed by atoms with Crippen LogP contribution in [-0.2, 0) is 19.1 Å². The maximum absolute atomic E-state index is 12.0. The van der Waals surface area contributed by atoms with Crippen molar-refractivity contribution in [2.45, 2.75) is 40.0 Å². The van der Waals surface area contributed by atoms with Gasteiger partial charge in [0.15, 0.2) is 5.41 Å². The summed E-state index contributed by atoms with van der Waals surface area (Å²) in [5.74, 6) is -0.613. The molecule has 0 rings (SSSR count). The lowest BCUT2D eigenvalue weighted by Crippen LogP contribution is -2.41. The molecule has 0 N–H and O–H groups in total. The number of alkyl halides is 1. The van der Waals surface area contributed by atoms with Crippen molar-refractivity contribution in [3.63, 3.8) is 0 Å². The third-order valence-electron chi connectivity index (χ3n) is 2.67. The van der Waals surface area contributed by atoms with Gasteiger partial charge in [-0.2, -0.15) is 0 Å². The molecule has 0 aromatic rings. The van der Waals surface area contributed by atoms with E-state index in [-0.39, 0.29) is 13.2 Å². The topological polar surface area (TPSA) is 52.6 Å². The highest BCUT2D eigenvalue weighted by molar-refractivity contribution is 6.17. The number of carbonyl (C=O) groups excluding carboxylic acids is 2. The van der Waals surface area contributed by atoms with Crippen molar-refractivity contribution >= 4 is 23.5 Å². The van der Waals surface area contributed by atoms with Gasteiger partial charge in [0.2, 0.25) is 0 Å². The van der Waals surface area contributed by atoms with Crippen LogP contribution < -0.4 is 0 Å². The van der Waals surface area contributed by atoms with Crippen LogP contribution in [0.3, 0.4) is 0 Å². The Kier molecular flexibility index (Phi) is 7.96. The molecule has 0 atom stereocenters. The van der Waals surface area contributed by atoms with Crippen LogP contribution in [0.5, 0.6) is 0 Å². The molecule has 0 radical (unpaired) electrons. The van der Waals surface area contributed by atoms with Crippen LogP contribution in [-0.4, -0.2) is 31.0 Å². The minimum Gasteiger partial charge on any atom is -0.465 e. The lowest BCUT2D eigenvalue weighted by Gasteiger charge is -2.27. The molecular weight excluding hydrogens is 244 g/mol. The Labute approximate surface area is 108 Å². The van der Waals surface area contributed by atoms with Gasteiger partial charge < -0.3 is 9.47 Å². The molecule has 100 valence electrons. The van der Waals surface area contributed by atoms with Crippen molar-refractivity contribution in [2.24, 2.45) is 5.41 Å². The smallest absolute Gasteiger partial charge is 0.323 e. The SMILES string of the molecule is CCOC(=O)C(CC)(CCCCl)C(=O)OCC. The molecule has 0 aliphatic carbocycles. The van der Waals surface area contributed by atoms with Crippen LogP contribution in [0.1, 0.15) is 40.0 Å². The van der Waals surface area contributed by atoms with Gasteiger partial charge in [0.05, 0.1) is 13.2 Å². The van der Waals surface area contributed by atoms with Gasteiger partial charge in [0.1, 0.15) is 0 Å². The third kappa shape index (κ3) is 4.19. The molecule has 0 aliphatic rings. The average molecular weight is 265 g/mol. The fourth-order valence-electron chi connectivity index (χ4n) is 1.66. The van der Waals surface area contributed by atoms with Gasteiger partial charge in [0.25, 0.3) is 0 Å². The second-order valence-electron chi connectivity index (χ2n) is 3.67. The molecule has 0 aliphatic heterocycles. The van der Waals surface area contributed by atoms with Gasteiger partial charge in [-0.25, -0.2) is 0 Å². The fourth-order valence-corrected chi connectivity index (χ4v) is 1.79. The van der Waals surface area contributed by atoms with Crippen LogP contribution in [0.4, 0.5) is 0 Å². The summed E-state index contributed by atoms with van der Waals surface area (Å²) < 4.78 is 9.96. The van der Waals surface area contributed by atoms with E-state index in [0.717, 1.165) is 0 Å². The molecule has 0 fully saturated rings. The van der Waals surface area contributed by atoms with Crippen molar-refractivity contribution in [3.05, 3.63) is 0 Å². The Morgan fingerprint density at radius 2 is 1.53 bits per heavy atom. The predicted molar refractivity (Wildman–Crippen MR) is 65.9 cm³/mol. The zero-order valence-electron chi connectivity index (χ0n) is 10.8. The van der Waals surface area contributed by atoms with E-state index < -0.39 is 17.4 Å². The third-order valence-corrected chi connectivity index (χ3v) is 2.94. The molecule has 0 aromatic heterocycles. The van der Waals surface area contributed by atoms with Gasteiger partial charge in [-0.05, 0) is 33.1 Å². The van der Waals surface area contributed by atoms with E-state index in [0.29, 0.717) is 25.1 Å². The van der Waals surface area contributed by atoms with Crippen molar-refractivity contribution in [2.75, 3.05) is 19.1 Å². The summed E-state index contributed by atoms with van der Waals surface area (Å²) in [4.78, 5) is 23.9. The fraction of sp³-hybridized carbons (Fsp3) is 0.833. The first kappa shape index (κ1) is 16.2. The van der Waals surface area contributed by atoms with E-state index in [1.165, 1.54) is 0 Å². The molecule has 0 aromatic carbocycles. The van der Waals surface area contributed by atoms with E-state index in [2.05, 4.69) is 0 Å². The molecule has 17 heavy (non-hydrogen) atoms. The zero-order chi connectivity index (χ0) is 13.3. The normalized spacial score (nSPS) is 11.1. The summed E-state index contributed by atoms with van der Waals surface area (Å²) in [5, 5.41) is 0. The van der Waals surface area contributed by atoms with Crippen molar-refractivity contribution in [3.8, 4) is 0 Å². The first-order valence-corrected chi connectivity index (χ1v) is 6.52. The number of halogens is 1. The second-order valence-corrected chi connectivity index (χ2v) is 4.05. The molecule has 0 bridgehead atoms. The largest absolute Gasteiger partial charge is 0.465 e. The van der Waals surface area contributed by atoms with Crippen LogP contribution >= 0.6 is 11.6 Å². The molecule has 0 amide bonds. The standard InChI is InChI=1S/C12H21ClO4/c1-4-12(8-7-9-13,10(14)16-5-2)11(15)17-6-3/h4-9H2,1-3H3. The summed E-state index contributed by atoms with van der Waals surface area (Å²) in [6, 6.07) is 0. The minimum atomic E-state index is -1.19. The van der Waals surface area contributed by atoms with E-state index in [1.807, 2.05) is 0 Å². The van der Waals surface area contributed by atoms with Gasteiger partial charge in [-0.3, -0.25) is 9.59 Å². The molecule has 0 unspecified atom stereocenters. The Hall–Kier alpha value is -0.770. The van der Waals surface area contributed by atoms with Crippen molar-refractivity contribution in [1.82, 2.24) is 0 Å². The molecular formula is C12H21ClO4.